The van der Waals surface area contributed by atoms with Gasteiger partial charge in [-0.3, -0.25) is 0 Å². The summed E-state index contributed by atoms with van der Waals surface area (Å²) >= 11 is 0. The zero-order valence-electron chi connectivity index (χ0n) is 80.1. The third kappa shape index (κ3) is 58.3. The maximum atomic E-state index is 10.7. The van der Waals surface area contributed by atoms with Crippen molar-refractivity contribution in [1.29, 1.82) is 0 Å². The number of aromatic carboxylic acids is 4. The molecule has 0 aromatic heterocycles. The zero-order chi connectivity index (χ0) is 90.6. The minimum Gasteiger partial charge on any atom is -0.478 e. The van der Waals surface area contributed by atoms with Gasteiger partial charge in [0.1, 0.15) is 0 Å². The predicted octanol–water partition coefficient (Wildman–Crippen LogP) is 30.8. The van der Waals surface area contributed by atoms with Crippen molar-refractivity contribution in [3.8, 4) is 22.3 Å². The van der Waals surface area contributed by atoms with E-state index in [0.717, 1.165) is 43.8 Å². The topological polar surface area (TPSA) is 149 Å². The maximum Gasteiger partial charge on any atom is 0.335 e. The molecular weight excluding hydrogens is 2410 g/mol. The molecule has 0 aliphatic carbocycles. The first kappa shape index (κ1) is 132. The fourth-order valence-electron chi connectivity index (χ4n) is 12.7. The quantitative estimate of drug-likeness (QED) is 0.0198. The van der Waals surface area contributed by atoms with Crippen molar-refractivity contribution in [2.24, 2.45) is 0 Å². The molecule has 0 fully saturated rings. The number of benzene rings is 10. The maximum absolute atomic E-state index is 10.7. The average Bonchev–Trinajstić information content (AvgIpc) is 0.717. The SMILES string of the molecule is CC[PH+](CC)CC.CC[PH+](CC)CC.CC[PH+](CC)CC.CC[PH+](CC)CC.CC[PH+](CC)CC.CC[PH+](CC)CC.CC[PH+](CC)CC.CC[PH+](CC)CC.O=C(O)c1ccc(-c2ccc(C(=O)O)cc2)cc1.O=C(O)c1ccc(-c2ccc(C(=O)O)cc2)cc1.[Pt].[Pt].[Pt].[Pt].[c-]1cccc2cc3ccc[c-]c3cc12.[c-]1cccc2cc3ccc[c-]c3cc12. The molecule has 20 heteroatoms. The van der Waals surface area contributed by atoms with E-state index in [1.54, 1.807) is 48.5 Å². The molecule has 0 bridgehead atoms. The summed E-state index contributed by atoms with van der Waals surface area (Å²) in [7, 11) is 1.10. The summed E-state index contributed by atoms with van der Waals surface area (Å²) in [5.41, 5.74) is 4.27. The van der Waals surface area contributed by atoms with Crippen LogP contribution in [-0.4, -0.2) is 192 Å². The third-order valence-corrected chi connectivity index (χ3v) is 46.1. The van der Waals surface area contributed by atoms with E-state index in [1.807, 2.05) is 48.5 Å². The van der Waals surface area contributed by atoms with Gasteiger partial charge in [-0.2, -0.15) is 0 Å². The van der Waals surface area contributed by atoms with E-state index < -0.39 is 23.9 Å². The standard InChI is InChI=1S/2C14H10O4.2C14H8.8C6H15P.4Pt/c2*15-13(16)11-5-1-9(2-6-11)10-3-7-12(8-4-10)14(17)18;2*1-2-6-12-10-14-8-4-3-7-13(14)9-11(12)5-1;8*1-4-7(5-2)6-3;;;;/h2*1-8H,(H,15,16)(H,17,18);2*1-5,7,9-10H;8*4-6H2,1-3H3;;;;/q;;2*-2;;;;;;;;;;;;/p+8. The van der Waals surface area contributed by atoms with Crippen LogP contribution in [0.5, 0.6) is 0 Å². The van der Waals surface area contributed by atoms with E-state index in [2.05, 4.69) is 239 Å². The Morgan fingerprint density at radius 1 is 0.202 bits per heavy atom. The van der Waals surface area contributed by atoms with Crippen LogP contribution in [0.25, 0.3) is 65.3 Å². The summed E-state index contributed by atoms with van der Waals surface area (Å²) in [6, 6.07) is 71.5. The fourth-order valence-corrected chi connectivity index (χ4v) is 24.7. The summed E-state index contributed by atoms with van der Waals surface area (Å²) < 4.78 is 0. The van der Waals surface area contributed by atoms with Crippen LogP contribution in [0.2, 0.25) is 0 Å². The number of hydrogen-bond donors (Lipinski definition) is 4. The summed E-state index contributed by atoms with van der Waals surface area (Å²) in [5, 5.41) is 44.7. The number of carboxylic acids is 4. The van der Waals surface area contributed by atoms with Gasteiger partial charge in [0.15, 0.2) is 0 Å². The molecule has 8 nitrogen and oxygen atoms in total. The smallest absolute Gasteiger partial charge is 0.335 e. The molecule has 124 heavy (non-hydrogen) atoms. The molecule has 0 heterocycles. The number of rotatable bonds is 30. The zero-order valence-corrected chi connectivity index (χ0v) is 97.2. The van der Waals surface area contributed by atoms with Crippen LogP contribution >= 0.6 is 63.4 Å². The number of hydrogen-bond acceptors (Lipinski definition) is 4. The fraction of sp³-hybridized carbons (Fsp3) is 0.462. The van der Waals surface area contributed by atoms with Crippen molar-refractivity contribution in [3.05, 3.63) is 241 Å². The van der Waals surface area contributed by atoms with Gasteiger partial charge in [-0.15, -0.1) is 164 Å². The molecule has 0 aliphatic rings. The molecule has 0 unspecified atom stereocenters. The molecule has 0 radical (unpaired) electrons. The van der Waals surface area contributed by atoms with Crippen LogP contribution in [0.3, 0.4) is 0 Å². The van der Waals surface area contributed by atoms with Gasteiger partial charge >= 0.3 is 23.9 Å². The number of carbonyl (C=O) groups is 4. The Morgan fingerprint density at radius 2 is 0.323 bits per heavy atom. The van der Waals surface area contributed by atoms with Crippen molar-refractivity contribution in [1.82, 2.24) is 0 Å². The Hall–Kier alpha value is -2.69. The molecule has 704 valence electrons. The Morgan fingerprint density at radius 3 is 0.419 bits per heavy atom. The Balaban J connectivity index is -0.000000313. The first-order valence-electron chi connectivity index (χ1n) is 45.2. The van der Waals surface area contributed by atoms with E-state index >= 15 is 0 Å². The minimum absolute atomic E-state index is 0. The molecule has 0 amide bonds. The van der Waals surface area contributed by atoms with E-state index in [-0.39, 0.29) is 170 Å². The average molecular weight is 2570 g/mol. The third-order valence-electron chi connectivity index (χ3n) is 22.1. The van der Waals surface area contributed by atoms with E-state index in [4.69, 9.17) is 20.4 Å². The second-order valence-electron chi connectivity index (χ2n) is 28.7. The van der Waals surface area contributed by atoms with Gasteiger partial charge in [0, 0.05) is 84.3 Å². The summed E-state index contributed by atoms with van der Waals surface area (Å²) in [4.78, 5) is 42.8. The molecular formula is C104H164O8P8Pt4+4. The van der Waals surface area contributed by atoms with Gasteiger partial charge in [0.2, 0.25) is 0 Å². The summed E-state index contributed by atoms with van der Waals surface area (Å²) in [6.07, 6.45) is 34.9. The molecule has 0 saturated heterocycles. The molecule has 10 aromatic rings. The summed E-state index contributed by atoms with van der Waals surface area (Å²) in [5.74, 6) is -3.88. The summed E-state index contributed by atoms with van der Waals surface area (Å²) in [6.45, 7) is 55.4. The Kier molecular flexibility index (Phi) is 91.3. The Labute approximate surface area is 823 Å². The monoisotopic (exact) mass is 2570 g/mol. The predicted molar refractivity (Wildman–Crippen MR) is 569 cm³/mol. The van der Waals surface area contributed by atoms with Gasteiger partial charge in [-0.25, -0.2) is 19.2 Å². The molecule has 0 spiro atoms. The number of carboxylic acid groups (broad SMARTS) is 4. The van der Waals surface area contributed by atoms with Crippen LogP contribution in [0.4, 0.5) is 0 Å². The van der Waals surface area contributed by atoms with Crippen molar-refractivity contribution in [3.63, 3.8) is 0 Å². The second-order valence-corrected chi connectivity index (χ2v) is 57.7. The van der Waals surface area contributed by atoms with Crippen LogP contribution in [0, 0.1) is 24.3 Å². The Bertz CT molecular complexity index is 3460. The van der Waals surface area contributed by atoms with Crippen LogP contribution < -0.4 is 0 Å². The second kappa shape index (κ2) is 85.8. The van der Waals surface area contributed by atoms with Crippen LogP contribution in [-0.2, 0) is 84.3 Å². The van der Waals surface area contributed by atoms with E-state index in [1.165, 1.54) is 218 Å². The van der Waals surface area contributed by atoms with Crippen molar-refractivity contribution in [2.45, 2.75) is 166 Å². The van der Waals surface area contributed by atoms with Crippen molar-refractivity contribution >= 4 is 130 Å². The van der Waals surface area contributed by atoms with Gasteiger partial charge in [0.05, 0.1) is 170 Å². The van der Waals surface area contributed by atoms with Gasteiger partial charge in [-0.1, -0.05) is 48.5 Å². The first-order chi connectivity index (χ1) is 57.8. The molecule has 10 aromatic carbocycles. The largest absolute Gasteiger partial charge is 0.478 e. The van der Waals surface area contributed by atoms with Crippen LogP contribution in [0.15, 0.2) is 194 Å². The van der Waals surface area contributed by atoms with E-state index in [0.29, 0.717) is 0 Å². The van der Waals surface area contributed by atoms with Crippen molar-refractivity contribution in [2.75, 3.05) is 148 Å². The van der Waals surface area contributed by atoms with Crippen LogP contribution in [0.1, 0.15) is 208 Å². The molecule has 10 rings (SSSR count). The molecule has 0 saturated carbocycles. The molecule has 0 atom stereocenters. The first-order valence-corrected chi connectivity index (χ1v) is 62.2. The minimum atomic E-state index is -0.970. The van der Waals surface area contributed by atoms with Crippen molar-refractivity contribution < 1.29 is 124 Å². The normalized spacial score (nSPS) is 10.0. The van der Waals surface area contributed by atoms with Gasteiger partial charge in [0.25, 0.3) is 0 Å². The molecule has 4 N–H and O–H groups in total. The van der Waals surface area contributed by atoms with E-state index in [9.17, 15) is 19.2 Å². The van der Waals surface area contributed by atoms with Gasteiger partial charge < -0.3 is 20.4 Å². The number of fused-ring (bicyclic) bond motifs is 4. The van der Waals surface area contributed by atoms with Gasteiger partial charge in [-0.05, 0) is 300 Å². The molecule has 0 aliphatic heterocycles.